The zero-order valence-electron chi connectivity index (χ0n) is 13.4. The van der Waals surface area contributed by atoms with Gasteiger partial charge in [-0.2, -0.15) is 0 Å². The monoisotopic (exact) mass is 344 g/mol. The minimum absolute atomic E-state index is 0.544. The molecule has 0 aliphatic carbocycles. The Kier molecular flexibility index (Phi) is 4.14. The highest BCUT2D eigenvalue weighted by Gasteiger charge is 2.11. The van der Waals surface area contributed by atoms with E-state index >= 15 is 0 Å². The molecule has 0 aliphatic heterocycles. The second kappa shape index (κ2) is 6.75. The second-order valence-corrected chi connectivity index (χ2v) is 5.98. The van der Waals surface area contributed by atoms with Crippen LogP contribution in [0.3, 0.4) is 0 Å². The maximum atomic E-state index is 5.48. The normalized spacial score (nSPS) is 10.6. The van der Waals surface area contributed by atoms with Crippen molar-refractivity contribution < 1.29 is 0 Å². The number of thiocarbonyl (C=S) groups is 1. The molecule has 0 radical (unpaired) electrons. The van der Waals surface area contributed by atoms with E-state index in [1.807, 2.05) is 73.1 Å². The fraction of sp³-hybridized carbons (Fsp3) is 0. The number of benzene rings is 2. The molecule has 2 aromatic carbocycles. The summed E-state index contributed by atoms with van der Waals surface area (Å²) >= 11 is 5.48. The summed E-state index contributed by atoms with van der Waals surface area (Å²) in [6.45, 7) is 0. The van der Waals surface area contributed by atoms with E-state index in [1.54, 1.807) is 6.20 Å². The summed E-state index contributed by atoms with van der Waals surface area (Å²) in [6, 6.07) is 21.9. The van der Waals surface area contributed by atoms with Crippen LogP contribution >= 0.6 is 12.2 Å². The van der Waals surface area contributed by atoms with Crippen molar-refractivity contribution in [3.8, 4) is 5.69 Å². The van der Waals surface area contributed by atoms with Gasteiger partial charge in [0.05, 0.1) is 16.9 Å². The van der Waals surface area contributed by atoms with Crippen molar-refractivity contribution in [2.75, 3.05) is 10.6 Å². The van der Waals surface area contributed by atoms with Gasteiger partial charge in [-0.25, -0.2) is 0 Å². The number of anilines is 2. The van der Waals surface area contributed by atoms with E-state index in [4.69, 9.17) is 12.2 Å². The minimum Gasteiger partial charge on any atom is -0.332 e. The van der Waals surface area contributed by atoms with Crippen LogP contribution in [0.2, 0.25) is 0 Å². The lowest BCUT2D eigenvalue weighted by atomic mass is 10.1. The van der Waals surface area contributed by atoms with Crippen LogP contribution in [0, 0.1) is 0 Å². The van der Waals surface area contributed by atoms with Crippen molar-refractivity contribution in [3.05, 3.63) is 85.3 Å². The summed E-state index contributed by atoms with van der Waals surface area (Å²) in [6.07, 6.45) is 5.83. The summed E-state index contributed by atoms with van der Waals surface area (Å²) < 4.78 is 2.07. The van der Waals surface area contributed by atoms with Crippen LogP contribution < -0.4 is 10.6 Å². The predicted molar refractivity (Wildman–Crippen MR) is 107 cm³/mol. The minimum atomic E-state index is 0.544. The average Bonchev–Trinajstić information content (AvgIpc) is 3.16. The van der Waals surface area contributed by atoms with Gasteiger partial charge in [-0.05, 0) is 60.7 Å². The Hall–Kier alpha value is -3.18. The Bertz CT molecular complexity index is 1010. The average molecular weight is 344 g/mol. The van der Waals surface area contributed by atoms with Crippen LogP contribution in [0.5, 0.6) is 0 Å². The van der Waals surface area contributed by atoms with Crippen molar-refractivity contribution in [2.24, 2.45) is 0 Å². The zero-order chi connectivity index (χ0) is 17.1. The molecule has 4 rings (SSSR count). The maximum Gasteiger partial charge on any atom is 0.175 e. The first-order valence-corrected chi connectivity index (χ1v) is 8.36. The van der Waals surface area contributed by atoms with Crippen LogP contribution in [0.25, 0.3) is 16.6 Å². The lowest BCUT2D eigenvalue weighted by Crippen LogP contribution is -2.20. The van der Waals surface area contributed by atoms with Crippen molar-refractivity contribution in [1.29, 1.82) is 0 Å². The van der Waals surface area contributed by atoms with Gasteiger partial charge < -0.3 is 15.2 Å². The first-order chi connectivity index (χ1) is 12.3. The summed E-state index contributed by atoms with van der Waals surface area (Å²) in [5.74, 6) is 0. The Balaban J connectivity index is 1.72. The van der Waals surface area contributed by atoms with E-state index in [0.29, 0.717) is 5.11 Å². The smallest absolute Gasteiger partial charge is 0.175 e. The number of aromatic nitrogens is 2. The third-order valence-corrected chi connectivity index (χ3v) is 4.10. The molecule has 0 unspecified atom stereocenters. The molecule has 122 valence electrons. The molecule has 2 N–H and O–H groups in total. The highest BCUT2D eigenvalue weighted by atomic mass is 32.1. The first-order valence-electron chi connectivity index (χ1n) is 7.95. The summed E-state index contributed by atoms with van der Waals surface area (Å²) in [7, 11) is 0. The van der Waals surface area contributed by atoms with E-state index in [1.165, 1.54) is 0 Å². The third-order valence-electron chi connectivity index (χ3n) is 3.90. The molecule has 4 nitrogen and oxygen atoms in total. The molecule has 0 bridgehead atoms. The second-order valence-electron chi connectivity index (χ2n) is 5.57. The van der Waals surface area contributed by atoms with E-state index in [-0.39, 0.29) is 0 Å². The molecule has 0 atom stereocenters. The fourth-order valence-corrected chi connectivity index (χ4v) is 3.03. The highest BCUT2D eigenvalue weighted by molar-refractivity contribution is 7.80. The number of nitrogens with zero attached hydrogens (tertiary/aromatic N) is 2. The van der Waals surface area contributed by atoms with Gasteiger partial charge in [0.25, 0.3) is 0 Å². The molecule has 2 aromatic heterocycles. The molecule has 0 saturated heterocycles. The Morgan fingerprint density at radius 3 is 2.44 bits per heavy atom. The Labute approximate surface area is 151 Å². The van der Waals surface area contributed by atoms with E-state index in [2.05, 4.69) is 26.3 Å². The standard InChI is InChI=1S/C20H16N4S/c25-20(22-15-7-2-1-3-8-15)23-18-11-10-17-16(9-6-12-21-17)19(18)24-13-4-5-14-24/h1-14H,(H2,22,23,25). The number of hydrogen-bond acceptors (Lipinski definition) is 2. The SMILES string of the molecule is S=C(Nc1ccccc1)Nc1ccc2ncccc2c1-n1cccc1. The van der Waals surface area contributed by atoms with E-state index in [9.17, 15) is 0 Å². The Morgan fingerprint density at radius 1 is 0.840 bits per heavy atom. The third kappa shape index (κ3) is 3.22. The van der Waals surface area contributed by atoms with Gasteiger partial charge in [0.2, 0.25) is 0 Å². The number of hydrogen-bond donors (Lipinski definition) is 2. The maximum absolute atomic E-state index is 5.48. The topological polar surface area (TPSA) is 41.9 Å². The molecule has 0 aliphatic rings. The molecule has 0 saturated carbocycles. The van der Waals surface area contributed by atoms with Gasteiger partial charge in [-0.3, -0.25) is 4.98 Å². The van der Waals surface area contributed by atoms with Crippen molar-refractivity contribution in [3.63, 3.8) is 0 Å². The number of para-hydroxylation sites is 1. The van der Waals surface area contributed by atoms with Gasteiger partial charge in [-0.1, -0.05) is 18.2 Å². The van der Waals surface area contributed by atoms with Crippen LogP contribution in [0.15, 0.2) is 85.3 Å². The number of rotatable bonds is 3. The lowest BCUT2D eigenvalue weighted by molar-refractivity contribution is 1.09. The summed E-state index contributed by atoms with van der Waals surface area (Å²) in [5, 5.41) is 8.12. The quantitative estimate of drug-likeness (QED) is 0.522. The molecule has 0 spiro atoms. The van der Waals surface area contributed by atoms with E-state index < -0.39 is 0 Å². The zero-order valence-corrected chi connectivity index (χ0v) is 14.2. The molecule has 0 fully saturated rings. The fourth-order valence-electron chi connectivity index (χ4n) is 2.81. The van der Waals surface area contributed by atoms with Gasteiger partial charge in [0.15, 0.2) is 5.11 Å². The molecule has 0 amide bonds. The predicted octanol–water partition coefficient (Wildman–Crippen LogP) is 4.83. The van der Waals surface area contributed by atoms with Crippen molar-refractivity contribution in [2.45, 2.75) is 0 Å². The molecular formula is C20H16N4S. The largest absolute Gasteiger partial charge is 0.332 e. The van der Waals surface area contributed by atoms with E-state index in [0.717, 1.165) is 28.0 Å². The van der Waals surface area contributed by atoms with Gasteiger partial charge in [-0.15, -0.1) is 0 Å². The van der Waals surface area contributed by atoms with Crippen molar-refractivity contribution >= 4 is 39.6 Å². The van der Waals surface area contributed by atoms with Crippen molar-refractivity contribution in [1.82, 2.24) is 9.55 Å². The lowest BCUT2D eigenvalue weighted by Gasteiger charge is -2.17. The number of fused-ring (bicyclic) bond motifs is 1. The molecule has 5 heteroatoms. The number of pyridine rings is 1. The highest BCUT2D eigenvalue weighted by Crippen LogP contribution is 2.29. The summed E-state index contributed by atoms with van der Waals surface area (Å²) in [4.78, 5) is 4.45. The van der Waals surface area contributed by atoms with Gasteiger partial charge >= 0.3 is 0 Å². The van der Waals surface area contributed by atoms with Crippen LogP contribution in [0.1, 0.15) is 0 Å². The van der Waals surface area contributed by atoms with Crippen LogP contribution in [-0.2, 0) is 0 Å². The first kappa shape index (κ1) is 15.4. The molecule has 2 heterocycles. The number of nitrogens with one attached hydrogen (secondary N) is 2. The Morgan fingerprint density at radius 2 is 1.64 bits per heavy atom. The molecular weight excluding hydrogens is 328 g/mol. The molecule has 25 heavy (non-hydrogen) atoms. The van der Waals surface area contributed by atoms with Gasteiger partial charge in [0.1, 0.15) is 0 Å². The molecule has 4 aromatic rings. The van der Waals surface area contributed by atoms with Crippen LogP contribution in [-0.4, -0.2) is 14.7 Å². The van der Waals surface area contributed by atoms with Gasteiger partial charge in [0, 0.05) is 29.7 Å². The summed E-state index contributed by atoms with van der Waals surface area (Å²) in [5.41, 5.74) is 3.83. The van der Waals surface area contributed by atoms with Crippen LogP contribution in [0.4, 0.5) is 11.4 Å².